The first-order valence-electron chi connectivity index (χ1n) is 6.35. The van der Waals surface area contributed by atoms with Crippen LogP contribution in [0.15, 0.2) is 42.6 Å². The van der Waals surface area contributed by atoms with E-state index in [2.05, 4.69) is 34.2 Å². The van der Waals surface area contributed by atoms with Crippen LogP contribution in [0.1, 0.15) is 11.4 Å². The number of fused-ring (bicyclic) bond motifs is 1. The number of aromatic nitrogens is 3. The lowest BCUT2D eigenvalue weighted by molar-refractivity contribution is 0.781. The van der Waals surface area contributed by atoms with Gasteiger partial charge in [0.05, 0.1) is 11.9 Å². The molecule has 3 rings (SSSR count). The molecule has 0 saturated carbocycles. The van der Waals surface area contributed by atoms with Crippen LogP contribution in [0.4, 0.5) is 5.69 Å². The Morgan fingerprint density at radius 3 is 2.74 bits per heavy atom. The molecule has 0 atom stereocenters. The van der Waals surface area contributed by atoms with Crippen LogP contribution >= 0.6 is 0 Å². The van der Waals surface area contributed by atoms with Crippen LogP contribution in [-0.4, -0.2) is 14.5 Å². The summed E-state index contributed by atoms with van der Waals surface area (Å²) in [4.78, 5) is 8.94. The van der Waals surface area contributed by atoms with Gasteiger partial charge in [-0.3, -0.25) is 0 Å². The van der Waals surface area contributed by atoms with Crippen molar-refractivity contribution in [2.75, 3.05) is 5.73 Å². The van der Waals surface area contributed by atoms with E-state index in [0.29, 0.717) is 5.69 Å². The zero-order chi connectivity index (χ0) is 13.2. The van der Waals surface area contributed by atoms with Crippen LogP contribution in [0.25, 0.3) is 11.2 Å². The van der Waals surface area contributed by atoms with Crippen LogP contribution in [0, 0.1) is 0 Å². The van der Waals surface area contributed by atoms with Crippen LogP contribution in [-0.2, 0) is 19.9 Å². The summed E-state index contributed by atoms with van der Waals surface area (Å²) in [5, 5.41) is 0. The maximum atomic E-state index is 5.74. The lowest BCUT2D eigenvalue weighted by Gasteiger charge is -2.02. The fourth-order valence-electron chi connectivity index (χ4n) is 2.26. The van der Waals surface area contributed by atoms with Gasteiger partial charge < -0.3 is 10.3 Å². The van der Waals surface area contributed by atoms with Crippen LogP contribution in [0.3, 0.4) is 0 Å². The van der Waals surface area contributed by atoms with Crippen molar-refractivity contribution in [1.29, 1.82) is 0 Å². The third-order valence-electron chi connectivity index (χ3n) is 3.30. The Morgan fingerprint density at radius 1 is 1.16 bits per heavy atom. The highest BCUT2D eigenvalue weighted by molar-refractivity contribution is 5.74. The van der Waals surface area contributed by atoms with E-state index >= 15 is 0 Å². The molecular weight excluding hydrogens is 236 g/mol. The molecule has 4 nitrogen and oxygen atoms in total. The predicted octanol–water partition coefficient (Wildman–Crippen LogP) is 2.34. The highest BCUT2D eigenvalue weighted by atomic mass is 15.1. The van der Waals surface area contributed by atoms with Crippen molar-refractivity contribution >= 4 is 16.9 Å². The molecule has 2 N–H and O–H groups in total. The van der Waals surface area contributed by atoms with Crippen molar-refractivity contribution in [3.8, 4) is 0 Å². The van der Waals surface area contributed by atoms with Gasteiger partial charge in [0.15, 0.2) is 5.65 Å². The quantitative estimate of drug-likeness (QED) is 0.778. The second kappa shape index (κ2) is 4.72. The number of nitrogens with two attached hydrogens (primary N) is 1. The number of hydrogen-bond acceptors (Lipinski definition) is 3. The maximum Gasteiger partial charge on any atom is 0.159 e. The van der Waals surface area contributed by atoms with Gasteiger partial charge in [-0.25, -0.2) is 9.97 Å². The standard InChI is InChI=1S/C15H16N4/c1-19-14(8-7-11-5-3-2-4-6-11)18-13-9-12(16)10-17-15(13)19/h2-6,9-10H,7-8,16H2,1H3. The summed E-state index contributed by atoms with van der Waals surface area (Å²) >= 11 is 0. The molecule has 4 heteroatoms. The first-order chi connectivity index (χ1) is 9.24. The number of hydrogen-bond donors (Lipinski definition) is 1. The molecule has 0 aliphatic heterocycles. The van der Waals surface area contributed by atoms with E-state index in [-0.39, 0.29) is 0 Å². The van der Waals surface area contributed by atoms with E-state index in [1.807, 2.05) is 23.7 Å². The van der Waals surface area contributed by atoms with E-state index in [9.17, 15) is 0 Å². The summed E-state index contributed by atoms with van der Waals surface area (Å²) in [6.07, 6.45) is 3.55. The molecule has 2 heterocycles. The second-order valence-electron chi connectivity index (χ2n) is 4.68. The molecule has 96 valence electrons. The van der Waals surface area contributed by atoms with Crippen LogP contribution < -0.4 is 5.73 Å². The summed E-state index contributed by atoms with van der Waals surface area (Å²) < 4.78 is 2.04. The third kappa shape index (κ3) is 2.29. The number of imidazole rings is 1. The van der Waals surface area contributed by atoms with Gasteiger partial charge >= 0.3 is 0 Å². The number of nitrogen functional groups attached to an aromatic ring is 1. The fraction of sp³-hybridized carbons (Fsp3) is 0.200. The largest absolute Gasteiger partial charge is 0.397 e. The molecule has 0 aliphatic rings. The highest BCUT2D eigenvalue weighted by Crippen LogP contribution is 2.16. The molecule has 0 bridgehead atoms. The van der Waals surface area contributed by atoms with Crippen molar-refractivity contribution in [3.63, 3.8) is 0 Å². The Bertz CT molecular complexity index is 701. The first-order valence-corrected chi connectivity index (χ1v) is 6.35. The fourth-order valence-corrected chi connectivity index (χ4v) is 2.26. The summed E-state index contributed by atoms with van der Waals surface area (Å²) in [5.41, 5.74) is 9.46. The number of aryl methyl sites for hydroxylation is 3. The van der Waals surface area contributed by atoms with E-state index in [4.69, 9.17) is 5.73 Å². The van der Waals surface area contributed by atoms with Gasteiger partial charge in [-0.15, -0.1) is 0 Å². The third-order valence-corrected chi connectivity index (χ3v) is 3.30. The topological polar surface area (TPSA) is 56.7 Å². The molecule has 0 fully saturated rings. The summed E-state index contributed by atoms with van der Waals surface area (Å²) in [6, 6.07) is 12.3. The average Bonchev–Trinajstić information content (AvgIpc) is 2.74. The van der Waals surface area contributed by atoms with Gasteiger partial charge in [0, 0.05) is 13.5 Å². The van der Waals surface area contributed by atoms with Gasteiger partial charge in [0.1, 0.15) is 11.3 Å². The summed E-state index contributed by atoms with van der Waals surface area (Å²) in [7, 11) is 2.00. The molecule has 0 unspecified atom stereocenters. The number of nitrogens with zero attached hydrogens (tertiary/aromatic N) is 3. The number of benzene rings is 1. The molecule has 0 saturated heterocycles. The summed E-state index contributed by atoms with van der Waals surface area (Å²) in [5.74, 6) is 1.04. The van der Waals surface area contributed by atoms with E-state index in [0.717, 1.165) is 29.8 Å². The Morgan fingerprint density at radius 2 is 1.95 bits per heavy atom. The van der Waals surface area contributed by atoms with Gasteiger partial charge in [-0.2, -0.15) is 0 Å². The number of anilines is 1. The van der Waals surface area contributed by atoms with E-state index in [1.54, 1.807) is 6.20 Å². The maximum absolute atomic E-state index is 5.74. The molecule has 2 aromatic heterocycles. The second-order valence-corrected chi connectivity index (χ2v) is 4.68. The van der Waals surface area contributed by atoms with E-state index < -0.39 is 0 Å². The highest BCUT2D eigenvalue weighted by Gasteiger charge is 2.09. The number of pyridine rings is 1. The minimum atomic E-state index is 0.653. The molecular formula is C15H16N4. The Kier molecular flexibility index (Phi) is 2.91. The average molecular weight is 252 g/mol. The van der Waals surface area contributed by atoms with Gasteiger partial charge in [-0.05, 0) is 18.1 Å². The monoisotopic (exact) mass is 252 g/mol. The van der Waals surface area contributed by atoms with Crippen molar-refractivity contribution in [1.82, 2.24) is 14.5 Å². The molecule has 3 aromatic rings. The number of rotatable bonds is 3. The minimum absolute atomic E-state index is 0.653. The zero-order valence-corrected chi connectivity index (χ0v) is 10.9. The minimum Gasteiger partial charge on any atom is -0.397 e. The molecule has 19 heavy (non-hydrogen) atoms. The van der Waals surface area contributed by atoms with Crippen molar-refractivity contribution in [2.45, 2.75) is 12.8 Å². The predicted molar refractivity (Wildman–Crippen MR) is 76.8 cm³/mol. The van der Waals surface area contributed by atoms with Gasteiger partial charge in [0.25, 0.3) is 0 Å². The molecule has 0 aliphatic carbocycles. The Labute approximate surface area is 111 Å². The van der Waals surface area contributed by atoms with Crippen molar-refractivity contribution in [3.05, 3.63) is 54.0 Å². The Balaban J connectivity index is 1.87. The lowest BCUT2D eigenvalue weighted by Crippen LogP contribution is -2.01. The Hall–Kier alpha value is -2.36. The molecule has 0 spiro atoms. The molecule has 0 radical (unpaired) electrons. The van der Waals surface area contributed by atoms with Crippen LogP contribution in [0.2, 0.25) is 0 Å². The molecule has 1 aromatic carbocycles. The lowest BCUT2D eigenvalue weighted by atomic mass is 10.1. The van der Waals surface area contributed by atoms with Crippen molar-refractivity contribution in [2.24, 2.45) is 7.05 Å². The zero-order valence-electron chi connectivity index (χ0n) is 10.9. The van der Waals surface area contributed by atoms with E-state index in [1.165, 1.54) is 5.56 Å². The smallest absolute Gasteiger partial charge is 0.159 e. The van der Waals surface area contributed by atoms with Gasteiger partial charge in [0.2, 0.25) is 0 Å². The van der Waals surface area contributed by atoms with Crippen molar-refractivity contribution < 1.29 is 0 Å². The van der Waals surface area contributed by atoms with Gasteiger partial charge in [-0.1, -0.05) is 30.3 Å². The molecule has 0 amide bonds. The summed E-state index contributed by atoms with van der Waals surface area (Å²) in [6.45, 7) is 0. The van der Waals surface area contributed by atoms with Crippen LogP contribution in [0.5, 0.6) is 0 Å². The first kappa shape index (κ1) is 11.7. The SMILES string of the molecule is Cn1c(CCc2ccccc2)nc2cc(N)cnc21. The normalized spacial score (nSPS) is 11.0.